The third-order valence-corrected chi connectivity index (χ3v) is 3.00. The van der Waals surface area contributed by atoms with Gasteiger partial charge in [-0.1, -0.05) is 43.0 Å². The molecule has 0 unspecified atom stereocenters. The van der Waals surface area contributed by atoms with Crippen molar-refractivity contribution >= 4 is 22.8 Å². The minimum Gasteiger partial charge on any atom is -0.356 e. The zero-order valence-corrected chi connectivity index (χ0v) is 10.6. The maximum Gasteiger partial charge on any atom is 0.216 e. The second-order valence-corrected chi connectivity index (χ2v) is 4.33. The number of hydrogen-bond acceptors (Lipinski definition) is 1. The SMILES string of the molecule is C=Cc1ccc2cccc(CCNC(C)=O)c2c1. The number of amides is 1. The molecule has 0 aromatic heterocycles. The predicted molar refractivity (Wildman–Crippen MR) is 76.4 cm³/mol. The Morgan fingerprint density at radius 3 is 2.89 bits per heavy atom. The van der Waals surface area contributed by atoms with Gasteiger partial charge in [0, 0.05) is 13.5 Å². The van der Waals surface area contributed by atoms with Crippen LogP contribution in [0.25, 0.3) is 16.8 Å². The highest BCUT2D eigenvalue weighted by molar-refractivity contribution is 5.87. The molecule has 0 spiro atoms. The predicted octanol–water partition coefficient (Wildman–Crippen LogP) is 3.16. The van der Waals surface area contributed by atoms with Gasteiger partial charge in [0.25, 0.3) is 0 Å². The molecule has 1 N–H and O–H groups in total. The molecule has 0 radical (unpaired) electrons. The number of benzene rings is 2. The summed E-state index contributed by atoms with van der Waals surface area (Å²) in [6, 6.07) is 12.6. The summed E-state index contributed by atoms with van der Waals surface area (Å²) in [6.45, 7) is 6.01. The van der Waals surface area contributed by atoms with Crippen molar-refractivity contribution in [2.24, 2.45) is 0 Å². The normalized spacial score (nSPS) is 10.3. The minimum atomic E-state index is 0.0158. The molecule has 0 aliphatic carbocycles. The highest BCUT2D eigenvalue weighted by Gasteiger charge is 2.01. The van der Waals surface area contributed by atoms with E-state index in [-0.39, 0.29) is 5.91 Å². The van der Waals surface area contributed by atoms with Crippen molar-refractivity contribution in [1.29, 1.82) is 0 Å². The summed E-state index contributed by atoms with van der Waals surface area (Å²) in [5, 5.41) is 5.29. The second-order valence-electron chi connectivity index (χ2n) is 4.33. The van der Waals surface area contributed by atoms with Crippen LogP contribution in [0.2, 0.25) is 0 Å². The average Bonchev–Trinajstić information content (AvgIpc) is 2.38. The lowest BCUT2D eigenvalue weighted by atomic mass is 10.00. The smallest absolute Gasteiger partial charge is 0.216 e. The number of carbonyl (C=O) groups excluding carboxylic acids is 1. The third kappa shape index (κ3) is 2.77. The van der Waals surface area contributed by atoms with Crippen molar-refractivity contribution in [3.05, 3.63) is 54.1 Å². The van der Waals surface area contributed by atoms with Crippen molar-refractivity contribution < 1.29 is 4.79 Å². The second kappa shape index (κ2) is 5.50. The Labute approximate surface area is 107 Å². The van der Waals surface area contributed by atoms with Gasteiger partial charge in [-0.05, 0) is 34.4 Å². The zero-order chi connectivity index (χ0) is 13.0. The monoisotopic (exact) mass is 239 g/mol. The van der Waals surface area contributed by atoms with Crippen LogP contribution in [0.1, 0.15) is 18.1 Å². The Morgan fingerprint density at radius 2 is 2.17 bits per heavy atom. The van der Waals surface area contributed by atoms with E-state index in [0.717, 1.165) is 12.0 Å². The summed E-state index contributed by atoms with van der Waals surface area (Å²) in [4.78, 5) is 10.9. The van der Waals surface area contributed by atoms with Gasteiger partial charge in [0.05, 0.1) is 0 Å². The van der Waals surface area contributed by atoms with Crippen molar-refractivity contribution in [3.63, 3.8) is 0 Å². The molecule has 2 rings (SSSR count). The quantitative estimate of drug-likeness (QED) is 0.872. The van der Waals surface area contributed by atoms with Crippen LogP contribution in [0.15, 0.2) is 43.0 Å². The topological polar surface area (TPSA) is 29.1 Å². The molecular weight excluding hydrogens is 222 g/mol. The molecule has 0 atom stereocenters. The molecule has 0 bridgehead atoms. The molecule has 0 saturated carbocycles. The summed E-state index contributed by atoms with van der Waals surface area (Å²) in [7, 11) is 0. The molecule has 0 aliphatic rings. The molecule has 1 amide bonds. The number of nitrogens with one attached hydrogen (secondary N) is 1. The van der Waals surface area contributed by atoms with E-state index < -0.39 is 0 Å². The largest absolute Gasteiger partial charge is 0.356 e. The maximum atomic E-state index is 10.9. The fourth-order valence-electron chi connectivity index (χ4n) is 2.07. The zero-order valence-electron chi connectivity index (χ0n) is 10.6. The number of carbonyl (C=O) groups is 1. The van der Waals surface area contributed by atoms with Gasteiger partial charge in [-0.3, -0.25) is 4.79 Å². The van der Waals surface area contributed by atoms with E-state index in [1.807, 2.05) is 6.08 Å². The van der Waals surface area contributed by atoms with E-state index in [0.29, 0.717) is 6.54 Å². The molecule has 2 aromatic rings. The molecule has 2 nitrogen and oxygen atoms in total. The van der Waals surface area contributed by atoms with Gasteiger partial charge in [0.15, 0.2) is 0 Å². The van der Waals surface area contributed by atoms with Crippen LogP contribution in [0, 0.1) is 0 Å². The molecule has 2 aromatic carbocycles. The fourth-order valence-corrected chi connectivity index (χ4v) is 2.07. The Bertz CT molecular complexity index is 587. The first-order valence-electron chi connectivity index (χ1n) is 6.09. The van der Waals surface area contributed by atoms with Gasteiger partial charge >= 0.3 is 0 Å². The Kier molecular flexibility index (Phi) is 3.78. The van der Waals surface area contributed by atoms with E-state index in [1.165, 1.54) is 16.3 Å². The summed E-state index contributed by atoms with van der Waals surface area (Å²) < 4.78 is 0. The molecule has 2 heteroatoms. The van der Waals surface area contributed by atoms with Crippen molar-refractivity contribution in [3.8, 4) is 0 Å². The van der Waals surface area contributed by atoms with Gasteiger partial charge in [-0.25, -0.2) is 0 Å². The molecule has 0 fully saturated rings. The lowest BCUT2D eigenvalue weighted by molar-refractivity contribution is -0.118. The van der Waals surface area contributed by atoms with E-state index in [2.05, 4.69) is 48.3 Å². The number of fused-ring (bicyclic) bond motifs is 1. The molecule has 92 valence electrons. The molecule has 0 aliphatic heterocycles. The molecule has 0 saturated heterocycles. The summed E-state index contributed by atoms with van der Waals surface area (Å²) in [5.41, 5.74) is 2.37. The lowest BCUT2D eigenvalue weighted by Gasteiger charge is -2.08. The van der Waals surface area contributed by atoms with Crippen LogP contribution in [0.5, 0.6) is 0 Å². The van der Waals surface area contributed by atoms with Crippen LogP contribution >= 0.6 is 0 Å². The third-order valence-electron chi connectivity index (χ3n) is 3.00. The molecule has 0 heterocycles. The molecular formula is C16H17NO. The highest BCUT2D eigenvalue weighted by atomic mass is 16.1. The van der Waals surface area contributed by atoms with E-state index >= 15 is 0 Å². The first kappa shape index (κ1) is 12.4. The summed E-state index contributed by atoms with van der Waals surface area (Å²) in [6.07, 6.45) is 2.70. The highest BCUT2D eigenvalue weighted by Crippen LogP contribution is 2.21. The Balaban J connectivity index is 2.31. The standard InChI is InChI=1S/C16H17NO/c1-3-13-7-8-14-5-4-6-15(16(14)11-13)9-10-17-12(2)18/h3-8,11H,1,9-10H2,2H3,(H,17,18). The van der Waals surface area contributed by atoms with Crippen LogP contribution in [-0.4, -0.2) is 12.5 Å². The first-order chi connectivity index (χ1) is 8.70. The van der Waals surface area contributed by atoms with Gasteiger partial charge in [0.1, 0.15) is 0 Å². The van der Waals surface area contributed by atoms with Crippen molar-refractivity contribution in [2.45, 2.75) is 13.3 Å². The van der Waals surface area contributed by atoms with Gasteiger partial charge in [-0.2, -0.15) is 0 Å². The van der Waals surface area contributed by atoms with Gasteiger partial charge < -0.3 is 5.32 Å². The average molecular weight is 239 g/mol. The van der Waals surface area contributed by atoms with Crippen LogP contribution < -0.4 is 5.32 Å². The first-order valence-corrected chi connectivity index (χ1v) is 6.09. The van der Waals surface area contributed by atoms with E-state index in [1.54, 1.807) is 6.92 Å². The van der Waals surface area contributed by atoms with Crippen LogP contribution in [0.3, 0.4) is 0 Å². The van der Waals surface area contributed by atoms with Crippen molar-refractivity contribution in [1.82, 2.24) is 5.32 Å². The van der Waals surface area contributed by atoms with E-state index in [9.17, 15) is 4.79 Å². The van der Waals surface area contributed by atoms with Gasteiger partial charge in [-0.15, -0.1) is 0 Å². The van der Waals surface area contributed by atoms with Crippen molar-refractivity contribution in [2.75, 3.05) is 6.54 Å². The molecule has 18 heavy (non-hydrogen) atoms. The summed E-state index contributed by atoms with van der Waals surface area (Å²) >= 11 is 0. The maximum absolute atomic E-state index is 10.9. The number of hydrogen-bond donors (Lipinski definition) is 1. The van der Waals surface area contributed by atoms with Gasteiger partial charge in [0.2, 0.25) is 5.91 Å². The van der Waals surface area contributed by atoms with E-state index in [4.69, 9.17) is 0 Å². The Hall–Kier alpha value is -2.09. The minimum absolute atomic E-state index is 0.0158. The summed E-state index contributed by atoms with van der Waals surface area (Å²) in [5.74, 6) is 0.0158. The van der Waals surface area contributed by atoms with Crippen LogP contribution in [-0.2, 0) is 11.2 Å². The van der Waals surface area contributed by atoms with Crippen LogP contribution in [0.4, 0.5) is 0 Å². The fraction of sp³-hybridized carbons (Fsp3) is 0.188. The number of rotatable bonds is 4. The Morgan fingerprint density at radius 1 is 1.33 bits per heavy atom. The lowest BCUT2D eigenvalue weighted by Crippen LogP contribution is -2.22.